The standard InChI is InChI=1S/C23H14F2N4OS2/c24-14-8-9-20(17(25)11-14)29-22(30)16-5-1-2-6-18(16)28-23(29)32-13-15-12-31-21(27-15)19-7-3-4-10-26-19/h1-12H,13H2. The average molecular weight is 465 g/mol. The third kappa shape index (κ3) is 3.92. The predicted molar refractivity (Wildman–Crippen MR) is 122 cm³/mol. The highest BCUT2D eigenvalue weighted by atomic mass is 32.2. The van der Waals surface area contributed by atoms with Crippen LogP contribution in [0.4, 0.5) is 8.78 Å². The number of fused-ring (bicyclic) bond motifs is 1. The lowest BCUT2D eigenvalue weighted by Crippen LogP contribution is -2.22. The van der Waals surface area contributed by atoms with E-state index in [1.165, 1.54) is 33.7 Å². The van der Waals surface area contributed by atoms with Crippen molar-refractivity contribution < 1.29 is 8.78 Å². The number of thiazole rings is 1. The second-order valence-electron chi connectivity index (χ2n) is 6.80. The van der Waals surface area contributed by atoms with Crippen LogP contribution in [0.1, 0.15) is 5.69 Å². The minimum absolute atomic E-state index is 0.0513. The first-order valence-electron chi connectivity index (χ1n) is 9.56. The number of nitrogens with zero attached hydrogens (tertiary/aromatic N) is 4. The average Bonchev–Trinajstić information content (AvgIpc) is 3.28. The Labute approximate surface area is 189 Å². The molecular formula is C23H14F2N4OS2. The minimum atomic E-state index is -0.836. The third-order valence-corrected chi connectivity index (χ3v) is 6.57. The number of hydrogen-bond acceptors (Lipinski definition) is 6. The van der Waals surface area contributed by atoms with Gasteiger partial charge in [-0.15, -0.1) is 11.3 Å². The Bertz CT molecular complexity index is 1480. The van der Waals surface area contributed by atoms with E-state index in [0.29, 0.717) is 21.8 Å². The Balaban J connectivity index is 1.55. The van der Waals surface area contributed by atoms with Gasteiger partial charge in [0.15, 0.2) is 5.16 Å². The van der Waals surface area contributed by atoms with Gasteiger partial charge in [0, 0.05) is 23.4 Å². The van der Waals surface area contributed by atoms with Gasteiger partial charge < -0.3 is 0 Å². The van der Waals surface area contributed by atoms with Crippen molar-refractivity contribution in [2.24, 2.45) is 0 Å². The van der Waals surface area contributed by atoms with Gasteiger partial charge in [-0.1, -0.05) is 30.0 Å². The maximum Gasteiger partial charge on any atom is 0.266 e. The molecule has 9 heteroatoms. The normalized spacial score (nSPS) is 11.2. The van der Waals surface area contributed by atoms with Gasteiger partial charge in [0.2, 0.25) is 0 Å². The summed E-state index contributed by atoms with van der Waals surface area (Å²) in [5.74, 6) is -1.14. The number of benzene rings is 2. The fourth-order valence-electron chi connectivity index (χ4n) is 3.20. The molecule has 0 spiro atoms. The molecule has 2 aromatic carbocycles. The summed E-state index contributed by atoms with van der Waals surface area (Å²) < 4.78 is 29.3. The maximum absolute atomic E-state index is 14.6. The summed E-state index contributed by atoms with van der Waals surface area (Å²) >= 11 is 2.73. The molecule has 0 saturated carbocycles. The zero-order valence-electron chi connectivity index (χ0n) is 16.4. The third-order valence-electron chi connectivity index (χ3n) is 4.68. The quantitative estimate of drug-likeness (QED) is 0.255. The predicted octanol–water partition coefficient (Wildman–Crippen LogP) is 5.47. The molecule has 0 aliphatic carbocycles. The lowest BCUT2D eigenvalue weighted by molar-refractivity contribution is 0.572. The van der Waals surface area contributed by atoms with Crippen LogP contribution in [0.5, 0.6) is 0 Å². The van der Waals surface area contributed by atoms with Crippen molar-refractivity contribution in [3.63, 3.8) is 0 Å². The van der Waals surface area contributed by atoms with E-state index in [-0.39, 0.29) is 5.69 Å². The molecule has 0 unspecified atom stereocenters. The topological polar surface area (TPSA) is 60.7 Å². The van der Waals surface area contributed by atoms with E-state index in [1.54, 1.807) is 30.5 Å². The second-order valence-corrected chi connectivity index (χ2v) is 8.60. The molecule has 0 atom stereocenters. The molecule has 0 saturated heterocycles. The molecule has 5 aromatic rings. The lowest BCUT2D eigenvalue weighted by Gasteiger charge is -2.13. The molecule has 0 amide bonds. The number of hydrogen-bond donors (Lipinski definition) is 0. The summed E-state index contributed by atoms with van der Waals surface area (Å²) in [4.78, 5) is 26.7. The van der Waals surface area contributed by atoms with Crippen molar-refractivity contribution >= 4 is 34.0 Å². The minimum Gasteiger partial charge on any atom is -0.268 e. The van der Waals surface area contributed by atoms with Crippen molar-refractivity contribution in [2.75, 3.05) is 0 Å². The lowest BCUT2D eigenvalue weighted by atomic mass is 10.2. The van der Waals surface area contributed by atoms with Crippen molar-refractivity contribution in [2.45, 2.75) is 10.9 Å². The first kappa shape index (κ1) is 20.5. The zero-order chi connectivity index (χ0) is 22.1. The number of thioether (sulfide) groups is 1. The van der Waals surface area contributed by atoms with Crippen LogP contribution in [0.2, 0.25) is 0 Å². The van der Waals surface area contributed by atoms with Crippen LogP contribution in [0.15, 0.2) is 82.2 Å². The molecular weight excluding hydrogens is 450 g/mol. The molecule has 0 N–H and O–H groups in total. The fourth-order valence-corrected chi connectivity index (χ4v) is 5.00. The molecule has 0 bridgehead atoms. The summed E-state index contributed by atoms with van der Waals surface area (Å²) in [6.07, 6.45) is 1.71. The molecule has 5 nitrogen and oxygen atoms in total. The Morgan fingerprint density at radius 1 is 1.00 bits per heavy atom. The molecule has 0 aliphatic rings. The molecule has 3 aromatic heterocycles. The summed E-state index contributed by atoms with van der Waals surface area (Å²) in [6.45, 7) is 0. The Hall–Kier alpha value is -3.43. The molecule has 0 radical (unpaired) electrons. The van der Waals surface area contributed by atoms with E-state index in [4.69, 9.17) is 0 Å². The van der Waals surface area contributed by atoms with Crippen LogP contribution in [0.25, 0.3) is 27.3 Å². The van der Waals surface area contributed by atoms with Crippen LogP contribution in [-0.2, 0) is 5.75 Å². The van der Waals surface area contributed by atoms with Crippen LogP contribution in [0, 0.1) is 11.6 Å². The van der Waals surface area contributed by atoms with Crippen LogP contribution < -0.4 is 5.56 Å². The van der Waals surface area contributed by atoms with Crippen molar-refractivity contribution in [3.05, 3.63) is 99.9 Å². The molecule has 0 aliphatic heterocycles. The second kappa shape index (κ2) is 8.60. The molecule has 3 heterocycles. The van der Waals surface area contributed by atoms with E-state index in [0.717, 1.165) is 28.5 Å². The largest absolute Gasteiger partial charge is 0.268 e. The number of rotatable bonds is 5. The van der Waals surface area contributed by atoms with Gasteiger partial charge in [-0.05, 0) is 36.4 Å². The Morgan fingerprint density at radius 3 is 2.66 bits per heavy atom. The van der Waals surface area contributed by atoms with Gasteiger partial charge in [0.25, 0.3) is 5.56 Å². The van der Waals surface area contributed by atoms with Gasteiger partial charge in [-0.2, -0.15) is 0 Å². The van der Waals surface area contributed by atoms with Crippen molar-refractivity contribution in [3.8, 4) is 16.4 Å². The summed E-state index contributed by atoms with van der Waals surface area (Å²) in [7, 11) is 0. The monoisotopic (exact) mass is 464 g/mol. The van der Waals surface area contributed by atoms with Crippen molar-refractivity contribution in [1.82, 2.24) is 19.5 Å². The number of pyridine rings is 1. The van der Waals surface area contributed by atoms with Gasteiger partial charge in [0.05, 0.1) is 28.0 Å². The fraction of sp³-hybridized carbons (Fsp3) is 0.0435. The van der Waals surface area contributed by atoms with Crippen molar-refractivity contribution in [1.29, 1.82) is 0 Å². The van der Waals surface area contributed by atoms with E-state index in [1.807, 2.05) is 23.6 Å². The highest BCUT2D eigenvalue weighted by Crippen LogP contribution is 2.28. The highest BCUT2D eigenvalue weighted by molar-refractivity contribution is 7.98. The van der Waals surface area contributed by atoms with E-state index in [9.17, 15) is 13.6 Å². The Morgan fingerprint density at radius 2 is 1.84 bits per heavy atom. The van der Waals surface area contributed by atoms with Crippen LogP contribution >= 0.6 is 23.1 Å². The first-order valence-corrected chi connectivity index (χ1v) is 11.4. The Kier molecular flexibility index (Phi) is 5.50. The van der Waals surface area contributed by atoms with Gasteiger partial charge in [-0.25, -0.2) is 18.7 Å². The maximum atomic E-state index is 14.6. The molecule has 5 rings (SSSR count). The van der Waals surface area contributed by atoms with E-state index >= 15 is 0 Å². The molecule has 0 fully saturated rings. The first-order chi connectivity index (χ1) is 15.6. The highest BCUT2D eigenvalue weighted by Gasteiger charge is 2.17. The molecule has 158 valence electrons. The number of para-hydroxylation sites is 1. The van der Waals surface area contributed by atoms with Gasteiger partial charge in [-0.3, -0.25) is 14.3 Å². The summed E-state index contributed by atoms with van der Waals surface area (Å²) in [5.41, 5.74) is 1.60. The summed E-state index contributed by atoms with van der Waals surface area (Å²) in [5, 5.41) is 3.35. The van der Waals surface area contributed by atoms with E-state index in [2.05, 4.69) is 15.0 Å². The van der Waals surface area contributed by atoms with Crippen LogP contribution in [0.3, 0.4) is 0 Å². The smallest absolute Gasteiger partial charge is 0.266 e. The van der Waals surface area contributed by atoms with E-state index < -0.39 is 17.2 Å². The van der Waals surface area contributed by atoms with Crippen LogP contribution in [-0.4, -0.2) is 19.5 Å². The SMILES string of the molecule is O=c1c2ccccc2nc(SCc2csc(-c3ccccn3)n2)n1-c1ccc(F)cc1F. The zero-order valence-corrected chi connectivity index (χ0v) is 18.0. The summed E-state index contributed by atoms with van der Waals surface area (Å²) in [6, 6.07) is 15.6. The molecule has 32 heavy (non-hydrogen) atoms. The number of halogens is 2. The van der Waals surface area contributed by atoms with Gasteiger partial charge in [0.1, 0.15) is 16.6 Å². The van der Waals surface area contributed by atoms with Gasteiger partial charge >= 0.3 is 0 Å². The number of aromatic nitrogens is 4.